The Morgan fingerprint density at radius 3 is 2.78 bits per heavy atom. The van der Waals surface area contributed by atoms with Crippen LogP contribution < -0.4 is 10.7 Å². The predicted octanol–water partition coefficient (Wildman–Crippen LogP) is 2.91. The summed E-state index contributed by atoms with van der Waals surface area (Å²) in [5.41, 5.74) is 0.184. The Labute approximate surface area is 160 Å². The molecule has 1 aliphatic rings. The number of nitrogens with zero attached hydrogens (tertiary/aromatic N) is 1. The van der Waals surface area contributed by atoms with E-state index in [1.54, 1.807) is 30.5 Å². The number of rotatable bonds is 5. The maximum absolute atomic E-state index is 12.6. The second-order valence-corrected chi connectivity index (χ2v) is 7.59. The summed E-state index contributed by atoms with van der Waals surface area (Å²) >= 11 is 1.93. The van der Waals surface area contributed by atoms with Crippen molar-refractivity contribution in [1.82, 2.24) is 10.2 Å². The van der Waals surface area contributed by atoms with Crippen LogP contribution in [0, 0.1) is 0 Å². The lowest BCUT2D eigenvalue weighted by molar-refractivity contribution is 0.0902. The monoisotopic (exact) mass is 384 g/mol. The zero-order chi connectivity index (χ0) is 18.6. The van der Waals surface area contributed by atoms with Gasteiger partial charge < -0.3 is 14.2 Å². The van der Waals surface area contributed by atoms with E-state index in [1.807, 2.05) is 23.9 Å². The molecule has 0 radical (unpaired) electrons. The van der Waals surface area contributed by atoms with Crippen LogP contribution in [0.25, 0.3) is 11.0 Å². The molecule has 0 saturated carbocycles. The van der Waals surface area contributed by atoms with Gasteiger partial charge in [0.2, 0.25) is 0 Å². The Hall–Kier alpha value is -2.51. The van der Waals surface area contributed by atoms with Crippen LogP contribution >= 0.6 is 11.8 Å². The van der Waals surface area contributed by atoms with Crippen LogP contribution in [0.3, 0.4) is 0 Å². The smallest absolute Gasteiger partial charge is 0.287 e. The first kappa shape index (κ1) is 17.9. The minimum atomic E-state index is -0.402. The molecule has 1 N–H and O–H groups in total. The molecular weight excluding hydrogens is 364 g/mol. The summed E-state index contributed by atoms with van der Waals surface area (Å²) in [7, 11) is 0. The molecular formula is C20H20N2O4S. The number of furan rings is 1. The fraction of sp³-hybridized carbons (Fsp3) is 0.300. The van der Waals surface area contributed by atoms with Crippen molar-refractivity contribution in [3.8, 4) is 0 Å². The van der Waals surface area contributed by atoms with Crippen molar-refractivity contribution in [1.29, 1.82) is 0 Å². The standard InChI is InChI=1S/C20H20N2O4S/c23-16-12-19(26-17-5-2-1-4-14(16)17)20(24)21-13-15(18-6-3-9-25-18)22-7-10-27-11-8-22/h1-6,9,12,15H,7-8,10-11,13H2,(H,21,24)/t15-/m1/s1. The van der Waals surface area contributed by atoms with Crippen LogP contribution in [-0.4, -0.2) is 41.9 Å². The average molecular weight is 384 g/mol. The molecule has 4 rings (SSSR count). The van der Waals surface area contributed by atoms with Gasteiger partial charge in [-0.2, -0.15) is 11.8 Å². The van der Waals surface area contributed by atoms with Crippen LogP contribution in [-0.2, 0) is 0 Å². The summed E-state index contributed by atoms with van der Waals surface area (Å²) in [6, 6.07) is 11.9. The summed E-state index contributed by atoms with van der Waals surface area (Å²) in [6.07, 6.45) is 1.64. The molecule has 1 aromatic carbocycles. The van der Waals surface area contributed by atoms with Gasteiger partial charge in [-0.05, 0) is 24.3 Å². The summed E-state index contributed by atoms with van der Waals surface area (Å²) in [5.74, 6) is 2.56. The fourth-order valence-corrected chi connectivity index (χ4v) is 4.20. The maximum atomic E-state index is 12.6. The molecule has 1 atom stereocenters. The molecule has 1 fully saturated rings. The normalized spacial score (nSPS) is 16.3. The van der Waals surface area contributed by atoms with E-state index in [9.17, 15) is 9.59 Å². The highest BCUT2D eigenvalue weighted by Crippen LogP contribution is 2.24. The first-order chi connectivity index (χ1) is 13.2. The molecule has 0 spiro atoms. The highest BCUT2D eigenvalue weighted by molar-refractivity contribution is 7.99. The molecule has 3 heterocycles. The molecule has 1 aliphatic heterocycles. The minimum Gasteiger partial charge on any atom is -0.468 e. The topological polar surface area (TPSA) is 75.7 Å². The van der Waals surface area contributed by atoms with E-state index in [-0.39, 0.29) is 17.2 Å². The van der Waals surface area contributed by atoms with E-state index < -0.39 is 5.91 Å². The number of hydrogen-bond acceptors (Lipinski definition) is 6. The second-order valence-electron chi connectivity index (χ2n) is 6.36. The number of thioether (sulfide) groups is 1. The average Bonchev–Trinajstić information content (AvgIpc) is 3.23. The number of carbonyl (C=O) groups excluding carboxylic acids is 1. The lowest BCUT2D eigenvalue weighted by Gasteiger charge is -2.33. The Balaban J connectivity index is 1.52. The van der Waals surface area contributed by atoms with Gasteiger partial charge >= 0.3 is 0 Å². The van der Waals surface area contributed by atoms with Crippen LogP contribution in [0.4, 0.5) is 0 Å². The minimum absolute atomic E-state index is 0.0195. The molecule has 0 aliphatic carbocycles. The summed E-state index contributed by atoms with van der Waals surface area (Å²) in [5, 5.41) is 3.36. The highest BCUT2D eigenvalue weighted by atomic mass is 32.2. The Bertz CT molecular complexity index is 977. The van der Waals surface area contributed by atoms with Crippen LogP contribution in [0.1, 0.15) is 22.4 Å². The quantitative estimate of drug-likeness (QED) is 0.729. The van der Waals surface area contributed by atoms with E-state index in [4.69, 9.17) is 8.83 Å². The van der Waals surface area contributed by atoms with Gasteiger partial charge in [0.05, 0.1) is 17.7 Å². The van der Waals surface area contributed by atoms with Gasteiger partial charge in [-0.25, -0.2) is 0 Å². The van der Waals surface area contributed by atoms with Crippen LogP contribution in [0.15, 0.2) is 62.4 Å². The molecule has 1 amide bonds. The molecule has 6 nitrogen and oxygen atoms in total. The highest BCUT2D eigenvalue weighted by Gasteiger charge is 2.25. The van der Waals surface area contributed by atoms with Crippen molar-refractivity contribution in [2.45, 2.75) is 6.04 Å². The lowest BCUT2D eigenvalue weighted by Crippen LogP contribution is -2.42. The van der Waals surface area contributed by atoms with E-state index >= 15 is 0 Å². The van der Waals surface area contributed by atoms with Crippen molar-refractivity contribution in [3.63, 3.8) is 0 Å². The summed E-state index contributed by atoms with van der Waals surface area (Å²) < 4.78 is 11.2. The molecule has 0 bridgehead atoms. The van der Waals surface area contributed by atoms with Gasteiger partial charge in [-0.1, -0.05) is 12.1 Å². The van der Waals surface area contributed by atoms with Crippen LogP contribution in [0.5, 0.6) is 0 Å². The number of para-hydroxylation sites is 1. The van der Waals surface area contributed by atoms with Gasteiger partial charge in [0, 0.05) is 37.2 Å². The molecule has 140 valence electrons. The number of hydrogen-bond donors (Lipinski definition) is 1. The first-order valence-corrected chi connectivity index (χ1v) is 10.0. The third kappa shape index (κ3) is 3.94. The van der Waals surface area contributed by atoms with Gasteiger partial charge in [0.25, 0.3) is 5.91 Å². The fourth-order valence-electron chi connectivity index (χ4n) is 3.27. The number of carbonyl (C=O) groups is 1. The molecule has 7 heteroatoms. The summed E-state index contributed by atoms with van der Waals surface area (Å²) in [6.45, 7) is 2.27. The zero-order valence-electron chi connectivity index (χ0n) is 14.7. The Morgan fingerprint density at radius 2 is 2.00 bits per heavy atom. The Kier molecular flexibility index (Phi) is 5.31. The van der Waals surface area contributed by atoms with E-state index in [0.717, 1.165) is 30.4 Å². The Morgan fingerprint density at radius 1 is 1.19 bits per heavy atom. The number of fused-ring (bicyclic) bond motifs is 1. The lowest BCUT2D eigenvalue weighted by atomic mass is 10.1. The summed E-state index contributed by atoms with van der Waals surface area (Å²) in [4.78, 5) is 27.1. The largest absolute Gasteiger partial charge is 0.468 e. The van der Waals surface area contributed by atoms with Gasteiger partial charge in [0.1, 0.15) is 11.3 Å². The van der Waals surface area contributed by atoms with Crippen molar-refractivity contribution in [2.24, 2.45) is 0 Å². The maximum Gasteiger partial charge on any atom is 0.287 e. The van der Waals surface area contributed by atoms with E-state index in [0.29, 0.717) is 17.5 Å². The molecule has 2 aromatic heterocycles. The van der Waals surface area contributed by atoms with Crippen molar-refractivity contribution in [2.75, 3.05) is 31.1 Å². The zero-order valence-corrected chi connectivity index (χ0v) is 15.5. The number of nitrogens with one attached hydrogen (secondary N) is 1. The first-order valence-electron chi connectivity index (χ1n) is 8.88. The SMILES string of the molecule is O=C(NC[C@H](c1ccco1)N1CCSCC1)c1cc(=O)c2ccccc2o1. The van der Waals surface area contributed by atoms with Crippen molar-refractivity contribution < 1.29 is 13.6 Å². The van der Waals surface area contributed by atoms with Gasteiger partial charge in [-0.3, -0.25) is 14.5 Å². The third-order valence-corrected chi connectivity index (χ3v) is 5.61. The third-order valence-electron chi connectivity index (χ3n) is 4.67. The predicted molar refractivity (Wildman–Crippen MR) is 105 cm³/mol. The molecule has 0 unspecified atom stereocenters. The van der Waals surface area contributed by atoms with E-state index in [1.165, 1.54) is 6.07 Å². The van der Waals surface area contributed by atoms with Crippen molar-refractivity contribution >= 4 is 28.6 Å². The van der Waals surface area contributed by atoms with Gasteiger partial charge in [-0.15, -0.1) is 0 Å². The van der Waals surface area contributed by atoms with Crippen LogP contribution in [0.2, 0.25) is 0 Å². The number of amides is 1. The van der Waals surface area contributed by atoms with Gasteiger partial charge in [0.15, 0.2) is 11.2 Å². The van der Waals surface area contributed by atoms with E-state index in [2.05, 4.69) is 10.2 Å². The second kappa shape index (κ2) is 8.02. The van der Waals surface area contributed by atoms with Crippen molar-refractivity contribution in [3.05, 3.63) is 70.5 Å². The molecule has 27 heavy (non-hydrogen) atoms. The number of benzene rings is 1. The molecule has 3 aromatic rings. The molecule has 1 saturated heterocycles.